The Kier molecular flexibility index (Phi) is 11.8. The van der Waals surface area contributed by atoms with Gasteiger partial charge in [-0.15, -0.1) is 0 Å². The molecule has 0 radical (unpaired) electrons. The summed E-state index contributed by atoms with van der Waals surface area (Å²) in [4.78, 5) is 21.2. The van der Waals surface area contributed by atoms with Gasteiger partial charge in [0.15, 0.2) is 5.75 Å². The zero-order chi connectivity index (χ0) is 36.5. The first kappa shape index (κ1) is 36.0. The van der Waals surface area contributed by atoms with Crippen LogP contribution >= 0.6 is 11.6 Å². The zero-order valence-corrected chi connectivity index (χ0v) is 29.2. The third-order valence-electron chi connectivity index (χ3n) is 8.49. The Morgan fingerprint density at radius 1 is 0.885 bits per heavy atom. The number of ether oxygens (including phenoxy) is 3. The van der Waals surface area contributed by atoms with Crippen molar-refractivity contribution in [2.75, 3.05) is 26.2 Å². The molecule has 11 heteroatoms. The van der Waals surface area contributed by atoms with Crippen molar-refractivity contribution in [1.82, 2.24) is 14.8 Å². The maximum Gasteiger partial charge on any atom is 0.246 e. The highest BCUT2D eigenvalue weighted by Crippen LogP contribution is 2.34. The summed E-state index contributed by atoms with van der Waals surface area (Å²) in [7, 11) is 0. The maximum absolute atomic E-state index is 14.9. The highest BCUT2D eigenvalue weighted by molar-refractivity contribution is 6.32. The highest BCUT2D eigenvalue weighted by atomic mass is 35.5. The Morgan fingerprint density at radius 2 is 1.58 bits per heavy atom. The quantitative estimate of drug-likeness (QED) is 0.120. The summed E-state index contributed by atoms with van der Waals surface area (Å²) < 4.78 is 45.4. The highest BCUT2D eigenvalue weighted by Gasteiger charge is 2.21. The second-order valence-corrected chi connectivity index (χ2v) is 12.7. The molecule has 1 aromatic heterocycles. The molecule has 0 aliphatic carbocycles. The van der Waals surface area contributed by atoms with Gasteiger partial charge in [-0.05, 0) is 95.9 Å². The number of aromatic nitrogens is 1. The number of hydrogen-bond donors (Lipinski definition) is 0. The van der Waals surface area contributed by atoms with E-state index in [1.807, 2.05) is 31.2 Å². The van der Waals surface area contributed by atoms with E-state index in [0.29, 0.717) is 84.2 Å². The van der Waals surface area contributed by atoms with Gasteiger partial charge in [-0.3, -0.25) is 9.69 Å². The molecule has 264 valence electrons. The van der Waals surface area contributed by atoms with Gasteiger partial charge in [-0.2, -0.15) is 5.26 Å². The van der Waals surface area contributed by atoms with Crippen LogP contribution in [0.3, 0.4) is 0 Å². The first-order chi connectivity index (χ1) is 25.2. The van der Waals surface area contributed by atoms with Crippen LogP contribution in [0.25, 0.3) is 6.08 Å². The van der Waals surface area contributed by atoms with E-state index in [2.05, 4.69) is 16.0 Å². The van der Waals surface area contributed by atoms with E-state index in [1.165, 1.54) is 36.4 Å². The Hall–Kier alpha value is -5.76. The Bertz CT molecular complexity index is 2050. The van der Waals surface area contributed by atoms with Crippen molar-refractivity contribution < 1.29 is 27.8 Å². The van der Waals surface area contributed by atoms with Crippen LogP contribution in [-0.4, -0.2) is 46.9 Å². The lowest BCUT2D eigenvalue weighted by Crippen LogP contribution is -2.47. The molecule has 0 atom stereocenters. The summed E-state index contributed by atoms with van der Waals surface area (Å²) in [5.74, 6) is 1.11. The van der Waals surface area contributed by atoms with Crippen LogP contribution in [0.1, 0.15) is 33.4 Å². The molecular weight excluding hydrogens is 686 g/mol. The zero-order valence-electron chi connectivity index (χ0n) is 28.4. The van der Waals surface area contributed by atoms with Crippen molar-refractivity contribution in [2.45, 2.75) is 26.7 Å². The molecule has 1 aliphatic rings. The maximum atomic E-state index is 14.9. The van der Waals surface area contributed by atoms with Crippen molar-refractivity contribution in [3.63, 3.8) is 0 Å². The monoisotopic (exact) mass is 720 g/mol. The van der Waals surface area contributed by atoms with Gasteiger partial charge < -0.3 is 19.1 Å². The number of carbonyl (C=O) groups is 1. The first-order valence-corrected chi connectivity index (χ1v) is 17.0. The van der Waals surface area contributed by atoms with Crippen LogP contribution in [0.15, 0.2) is 103 Å². The van der Waals surface area contributed by atoms with Crippen molar-refractivity contribution in [2.24, 2.45) is 0 Å². The molecule has 0 N–H and O–H groups in total. The molecule has 0 bridgehead atoms. The summed E-state index contributed by atoms with van der Waals surface area (Å²) in [5.41, 5.74) is 4.30. The lowest BCUT2D eigenvalue weighted by atomic mass is 10.1. The molecule has 1 aliphatic heterocycles. The van der Waals surface area contributed by atoms with E-state index < -0.39 is 0 Å². The second kappa shape index (κ2) is 17.0. The largest absolute Gasteiger partial charge is 0.489 e. The normalized spacial score (nSPS) is 13.2. The summed E-state index contributed by atoms with van der Waals surface area (Å²) >= 11 is 6.59. The smallest absolute Gasteiger partial charge is 0.246 e. The molecule has 4 aromatic carbocycles. The van der Waals surface area contributed by atoms with Crippen LogP contribution in [0.5, 0.6) is 23.1 Å². The molecule has 0 unspecified atom stereocenters. The number of aryl methyl sites for hydroxylation is 1. The van der Waals surface area contributed by atoms with Gasteiger partial charge in [0.2, 0.25) is 11.8 Å². The summed E-state index contributed by atoms with van der Waals surface area (Å²) in [6.07, 6.45) is 4.83. The van der Waals surface area contributed by atoms with Crippen molar-refractivity contribution in [3.05, 3.63) is 153 Å². The SMILES string of the molecule is Cc1cc(/C=C/C(=O)N2CCN(Cc3ccc(COc4ccc(F)cc4)cc3F)CC2)cc(Cl)c1Oc1ccc(OCc2ccc(C#N)cc2)cn1. The standard InChI is InChI=1S/C41H35ClF2N4O4/c1-28-20-31(21-37(42)41(28)52-39-14-13-36(24-46-39)51-26-30-4-2-29(23-45)3-5-30)7-15-40(49)48-18-16-47(17-19-48)25-33-8-6-32(22-38(33)44)27-50-35-11-9-34(43)10-12-35/h2-15,20-22,24H,16-19,25-27H2,1H3/b15-7+. The van der Waals surface area contributed by atoms with E-state index >= 15 is 0 Å². The molecule has 0 saturated carbocycles. The fraction of sp³-hybridized carbons (Fsp3) is 0.195. The number of carbonyl (C=O) groups excluding carboxylic acids is 1. The molecular formula is C41H35ClF2N4O4. The van der Waals surface area contributed by atoms with E-state index in [4.69, 9.17) is 31.1 Å². The molecule has 0 spiro atoms. The Labute approximate surface area is 306 Å². The third-order valence-corrected chi connectivity index (χ3v) is 8.77. The number of halogens is 3. The van der Waals surface area contributed by atoms with Crippen LogP contribution in [0.4, 0.5) is 8.78 Å². The minimum atomic E-state index is -0.346. The van der Waals surface area contributed by atoms with Gasteiger partial charge in [0, 0.05) is 50.4 Å². The fourth-order valence-corrected chi connectivity index (χ4v) is 5.90. The average Bonchev–Trinajstić information content (AvgIpc) is 3.16. The first-order valence-electron chi connectivity index (χ1n) is 16.6. The molecule has 52 heavy (non-hydrogen) atoms. The predicted octanol–water partition coefficient (Wildman–Crippen LogP) is 8.50. The summed E-state index contributed by atoms with van der Waals surface area (Å²) in [6, 6.07) is 27.1. The average molecular weight is 721 g/mol. The second-order valence-electron chi connectivity index (χ2n) is 12.3. The van der Waals surface area contributed by atoms with Gasteiger partial charge in [0.1, 0.15) is 36.3 Å². The molecule has 8 nitrogen and oxygen atoms in total. The fourth-order valence-electron chi connectivity index (χ4n) is 5.59. The Morgan fingerprint density at radius 3 is 2.25 bits per heavy atom. The topological polar surface area (TPSA) is 87.9 Å². The summed E-state index contributed by atoms with van der Waals surface area (Å²) in [5, 5.41) is 9.32. The number of amides is 1. The lowest BCUT2D eigenvalue weighted by Gasteiger charge is -2.34. The molecule has 6 rings (SSSR count). The van der Waals surface area contributed by atoms with E-state index in [1.54, 1.807) is 53.6 Å². The number of piperazine rings is 1. The van der Waals surface area contributed by atoms with Crippen LogP contribution in [0.2, 0.25) is 5.02 Å². The molecule has 5 aromatic rings. The van der Waals surface area contributed by atoms with Crippen molar-refractivity contribution in [1.29, 1.82) is 5.26 Å². The Balaban J connectivity index is 0.957. The summed E-state index contributed by atoms with van der Waals surface area (Å²) in [6.45, 7) is 5.08. The van der Waals surface area contributed by atoms with E-state index in [9.17, 15) is 13.6 Å². The number of benzene rings is 4. The van der Waals surface area contributed by atoms with Crippen molar-refractivity contribution >= 4 is 23.6 Å². The number of nitriles is 1. The van der Waals surface area contributed by atoms with Gasteiger partial charge in [0.05, 0.1) is 22.9 Å². The number of nitrogens with zero attached hydrogens (tertiary/aromatic N) is 4. The minimum absolute atomic E-state index is 0.115. The van der Waals surface area contributed by atoms with Crippen molar-refractivity contribution in [3.8, 4) is 29.2 Å². The van der Waals surface area contributed by atoms with Crippen LogP contribution in [0, 0.1) is 29.9 Å². The van der Waals surface area contributed by atoms with Gasteiger partial charge in [0.25, 0.3) is 0 Å². The van der Waals surface area contributed by atoms with Gasteiger partial charge in [-0.1, -0.05) is 35.9 Å². The molecule has 2 heterocycles. The number of hydrogen-bond acceptors (Lipinski definition) is 7. The van der Waals surface area contributed by atoms with Crippen LogP contribution < -0.4 is 14.2 Å². The third kappa shape index (κ3) is 9.72. The predicted molar refractivity (Wildman–Crippen MR) is 194 cm³/mol. The number of pyridine rings is 1. The van der Waals surface area contributed by atoms with E-state index in [-0.39, 0.29) is 24.1 Å². The van der Waals surface area contributed by atoms with E-state index in [0.717, 1.165) is 16.7 Å². The van der Waals surface area contributed by atoms with Crippen LogP contribution in [-0.2, 0) is 24.6 Å². The lowest BCUT2D eigenvalue weighted by molar-refractivity contribution is -0.127. The van der Waals surface area contributed by atoms with Gasteiger partial charge >= 0.3 is 0 Å². The molecule has 1 saturated heterocycles. The minimum Gasteiger partial charge on any atom is -0.489 e. The molecule has 1 fully saturated rings. The number of rotatable bonds is 12. The van der Waals surface area contributed by atoms with Gasteiger partial charge in [-0.25, -0.2) is 13.8 Å². The molecule has 1 amide bonds.